The average Bonchev–Trinajstić information content (AvgIpc) is 2.68. The highest BCUT2D eigenvalue weighted by Crippen LogP contribution is 2.21. The normalized spacial score (nSPS) is 14.8. The standard InChI is InChI=1S/C20H36N2O4/c1-16(25-14-19(23-2)6-4-12-21)17-8-10-18(11-9-17)26-15-20(24-3)7-5-13-22/h8-11,16,19-20H,4-7,12-15,21-22H2,1-3H3. The predicted molar refractivity (Wildman–Crippen MR) is 104 cm³/mol. The summed E-state index contributed by atoms with van der Waals surface area (Å²) >= 11 is 0. The van der Waals surface area contributed by atoms with Crippen molar-refractivity contribution in [1.82, 2.24) is 0 Å². The number of nitrogens with two attached hydrogens (primary N) is 2. The lowest BCUT2D eigenvalue weighted by Crippen LogP contribution is -2.21. The summed E-state index contributed by atoms with van der Waals surface area (Å²) in [5.74, 6) is 0.827. The number of methoxy groups -OCH3 is 2. The van der Waals surface area contributed by atoms with Gasteiger partial charge in [-0.1, -0.05) is 12.1 Å². The zero-order valence-electron chi connectivity index (χ0n) is 16.5. The largest absolute Gasteiger partial charge is 0.491 e. The number of rotatable bonds is 15. The number of hydrogen-bond donors (Lipinski definition) is 2. The molecule has 0 fully saturated rings. The Balaban J connectivity index is 2.42. The Labute approximate surface area is 158 Å². The van der Waals surface area contributed by atoms with Crippen LogP contribution in [0.5, 0.6) is 5.75 Å². The molecular formula is C20H36N2O4. The van der Waals surface area contributed by atoms with E-state index in [1.165, 1.54) is 0 Å². The third kappa shape index (κ3) is 8.96. The Morgan fingerprint density at radius 3 is 1.88 bits per heavy atom. The Hall–Kier alpha value is -1.18. The summed E-state index contributed by atoms with van der Waals surface area (Å²) in [4.78, 5) is 0. The SMILES string of the molecule is COC(CCCN)COc1ccc(C(C)OCC(CCCN)OC)cc1. The van der Waals surface area contributed by atoms with Crippen LogP contribution in [0.2, 0.25) is 0 Å². The molecule has 0 spiro atoms. The van der Waals surface area contributed by atoms with Crippen LogP contribution in [0.15, 0.2) is 24.3 Å². The molecule has 1 rings (SSSR count). The summed E-state index contributed by atoms with van der Waals surface area (Å²) in [5.41, 5.74) is 12.2. The van der Waals surface area contributed by atoms with Gasteiger partial charge in [-0.15, -0.1) is 0 Å². The van der Waals surface area contributed by atoms with E-state index < -0.39 is 0 Å². The molecule has 26 heavy (non-hydrogen) atoms. The van der Waals surface area contributed by atoms with Crippen LogP contribution in [0, 0.1) is 0 Å². The van der Waals surface area contributed by atoms with E-state index in [2.05, 4.69) is 0 Å². The highest BCUT2D eigenvalue weighted by Gasteiger charge is 2.12. The van der Waals surface area contributed by atoms with Crippen LogP contribution < -0.4 is 16.2 Å². The third-order valence-corrected chi connectivity index (χ3v) is 4.44. The highest BCUT2D eigenvalue weighted by atomic mass is 16.5. The van der Waals surface area contributed by atoms with E-state index in [-0.39, 0.29) is 18.3 Å². The van der Waals surface area contributed by atoms with Crippen LogP contribution in [0.25, 0.3) is 0 Å². The van der Waals surface area contributed by atoms with E-state index in [1.54, 1.807) is 14.2 Å². The zero-order chi connectivity index (χ0) is 19.2. The van der Waals surface area contributed by atoms with Gasteiger partial charge in [0.15, 0.2) is 0 Å². The highest BCUT2D eigenvalue weighted by molar-refractivity contribution is 5.28. The van der Waals surface area contributed by atoms with Crippen LogP contribution >= 0.6 is 0 Å². The summed E-state index contributed by atoms with van der Waals surface area (Å²) in [6.07, 6.45) is 3.84. The molecule has 0 aliphatic carbocycles. The number of hydrogen-bond acceptors (Lipinski definition) is 6. The predicted octanol–water partition coefficient (Wildman–Crippen LogP) is 2.65. The molecule has 0 bridgehead atoms. The van der Waals surface area contributed by atoms with Crippen LogP contribution in [0.4, 0.5) is 0 Å². The van der Waals surface area contributed by atoms with Gasteiger partial charge in [0.25, 0.3) is 0 Å². The summed E-state index contributed by atoms with van der Waals surface area (Å²) in [6, 6.07) is 7.99. The molecule has 1 aromatic carbocycles. The first-order valence-electron chi connectivity index (χ1n) is 9.44. The molecule has 3 unspecified atom stereocenters. The van der Waals surface area contributed by atoms with Crippen LogP contribution in [-0.2, 0) is 14.2 Å². The Morgan fingerprint density at radius 2 is 1.38 bits per heavy atom. The fourth-order valence-electron chi connectivity index (χ4n) is 2.60. The average molecular weight is 369 g/mol. The minimum absolute atomic E-state index is 0.00384. The summed E-state index contributed by atoms with van der Waals surface area (Å²) in [5, 5.41) is 0. The van der Waals surface area contributed by atoms with Gasteiger partial charge in [-0.2, -0.15) is 0 Å². The maximum absolute atomic E-state index is 5.94. The lowest BCUT2D eigenvalue weighted by molar-refractivity contribution is -0.0256. The van der Waals surface area contributed by atoms with Crippen molar-refractivity contribution in [2.24, 2.45) is 11.5 Å². The lowest BCUT2D eigenvalue weighted by atomic mass is 10.1. The summed E-state index contributed by atoms with van der Waals surface area (Å²) in [6.45, 7) is 4.47. The van der Waals surface area contributed by atoms with Gasteiger partial charge in [-0.25, -0.2) is 0 Å². The molecule has 0 aromatic heterocycles. The van der Waals surface area contributed by atoms with Crippen molar-refractivity contribution in [3.8, 4) is 5.75 Å². The second kappa shape index (κ2) is 13.9. The van der Waals surface area contributed by atoms with E-state index in [4.69, 9.17) is 30.4 Å². The first-order chi connectivity index (χ1) is 12.6. The monoisotopic (exact) mass is 368 g/mol. The van der Waals surface area contributed by atoms with Gasteiger partial charge in [-0.3, -0.25) is 0 Å². The van der Waals surface area contributed by atoms with E-state index >= 15 is 0 Å². The van der Waals surface area contributed by atoms with Gasteiger partial charge in [-0.05, 0) is 63.4 Å². The molecule has 0 radical (unpaired) electrons. The zero-order valence-corrected chi connectivity index (χ0v) is 16.5. The first kappa shape index (κ1) is 22.9. The minimum atomic E-state index is -0.00384. The molecular weight excluding hydrogens is 332 g/mol. The van der Waals surface area contributed by atoms with Gasteiger partial charge in [0, 0.05) is 14.2 Å². The molecule has 0 aliphatic heterocycles. The maximum Gasteiger partial charge on any atom is 0.119 e. The second-order valence-electron chi connectivity index (χ2n) is 6.43. The van der Waals surface area contributed by atoms with Crippen LogP contribution in [-0.4, -0.2) is 52.7 Å². The van der Waals surface area contributed by atoms with Crippen molar-refractivity contribution >= 4 is 0 Å². The van der Waals surface area contributed by atoms with Crippen LogP contribution in [0.3, 0.4) is 0 Å². The van der Waals surface area contributed by atoms with Crippen molar-refractivity contribution < 1.29 is 18.9 Å². The maximum atomic E-state index is 5.94. The van der Waals surface area contributed by atoms with Gasteiger partial charge in [0.05, 0.1) is 24.9 Å². The molecule has 0 heterocycles. The van der Waals surface area contributed by atoms with E-state index in [1.807, 2.05) is 31.2 Å². The van der Waals surface area contributed by atoms with Gasteiger partial charge in [0.1, 0.15) is 12.4 Å². The van der Waals surface area contributed by atoms with Crippen molar-refractivity contribution in [2.75, 3.05) is 40.5 Å². The van der Waals surface area contributed by atoms with E-state index in [0.29, 0.717) is 26.3 Å². The van der Waals surface area contributed by atoms with Crippen molar-refractivity contribution in [2.45, 2.75) is 50.9 Å². The molecule has 1 aromatic rings. The number of ether oxygens (including phenoxy) is 4. The first-order valence-corrected chi connectivity index (χ1v) is 9.44. The number of benzene rings is 1. The molecule has 6 heteroatoms. The molecule has 6 nitrogen and oxygen atoms in total. The molecule has 3 atom stereocenters. The van der Waals surface area contributed by atoms with Gasteiger partial charge < -0.3 is 30.4 Å². The molecule has 4 N–H and O–H groups in total. The van der Waals surface area contributed by atoms with Crippen molar-refractivity contribution in [3.63, 3.8) is 0 Å². The van der Waals surface area contributed by atoms with E-state index in [0.717, 1.165) is 37.0 Å². The van der Waals surface area contributed by atoms with Crippen LogP contribution in [0.1, 0.15) is 44.3 Å². The quantitative estimate of drug-likeness (QED) is 0.495. The molecule has 0 saturated carbocycles. The molecule has 0 aliphatic rings. The molecule has 0 saturated heterocycles. The Kier molecular flexibility index (Phi) is 12.3. The minimum Gasteiger partial charge on any atom is -0.491 e. The fraction of sp³-hybridized carbons (Fsp3) is 0.700. The molecule has 150 valence electrons. The molecule has 0 amide bonds. The van der Waals surface area contributed by atoms with Gasteiger partial charge >= 0.3 is 0 Å². The summed E-state index contributed by atoms with van der Waals surface area (Å²) < 4.78 is 22.6. The van der Waals surface area contributed by atoms with E-state index in [9.17, 15) is 0 Å². The Morgan fingerprint density at radius 1 is 0.846 bits per heavy atom. The second-order valence-corrected chi connectivity index (χ2v) is 6.43. The lowest BCUT2D eigenvalue weighted by Gasteiger charge is -2.20. The smallest absolute Gasteiger partial charge is 0.119 e. The van der Waals surface area contributed by atoms with Crippen molar-refractivity contribution in [1.29, 1.82) is 0 Å². The van der Waals surface area contributed by atoms with Gasteiger partial charge in [0.2, 0.25) is 0 Å². The fourth-order valence-corrected chi connectivity index (χ4v) is 2.60. The third-order valence-electron chi connectivity index (χ3n) is 4.44. The topological polar surface area (TPSA) is 89.0 Å². The van der Waals surface area contributed by atoms with Crippen molar-refractivity contribution in [3.05, 3.63) is 29.8 Å². The summed E-state index contributed by atoms with van der Waals surface area (Å²) in [7, 11) is 3.41. The Bertz CT molecular complexity index is 456.